The summed E-state index contributed by atoms with van der Waals surface area (Å²) in [6.07, 6.45) is 0.428. The minimum absolute atomic E-state index is 0.0326. The van der Waals surface area contributed by atoms with Crippen LogP contribution in [-0.4, -0.2) is 54.1 Å². The molecule has 0 radical (unpaired) electrons. The lowest BCUT2D eigenvalue weighted by Gasteiger charge is -2.33. The van der Waals surface area contributed by atoms with Gasteiger partial charge in [0.25, 0.3) is 0 Å². The van der Waals surface area contributed by atoms with Crippen LogP contribution in [0.25, 0.3) is 0 Å². The maximum absolute atomic E-state index is 13.6. The van der Waals surface area contributed by atoms with Crippen LogP contribution in [0.5, 0.6) is 0 Å². The lowest BCUT2D eigenvalue weighted by atomic mass is 10.0. The second kappa shape index (κ2) is 5.79. The quantitative estimate of drug-likeness (QED) is 0.900. The van der Waals surface area contributed by atoms with Gasteiger partial charge in [0.15, 0.2) is 11.0 Å². The van der Waals surface area contributed by atoms with Crippen LogP contribution in [0.2, 0.25) is 5.15 Å². The largest absolute Gasteiger partial charge is 0.376 e. The number of anilines is 1. The topological polar surface area (TPSA) is 50.3 Å². The van der Waals surface area contributed by atoms with Crippen LogP contribution in [0.3, 0.4) is 0 Å². The second-order valence-corrected chi connectivity index (χ2v) is 5.85. The van der Waals surface area contributed by atoms with Crippen molar-refractivity contribution in [2.75, 3.05) is 32.1 Å². The first-order valence-electron chi connectivity index (χ1n) is 6.84. The normalized spacial score (nSPS) is 27.1. The summed E-state index contributed by atoms with van der Waals surface area (Å²) in [7, 11) is 1.92. The van der Waals surface area contributed by atoms with E-state index >= 15 is 0 Å². The van der Waals surface area contributed by atoms with Gasteiger partial charge in [0, 0.05) is 36.7 Å². The summed E-state index contributed by atoms with van der Waals surface area (Å²) in [4.78, 5) is 1.98. The van der Waals surface area contributed by atoms with Crippen LogP contribution >= 0.6 is 11.6 Å². The highest BCUT2D eigenvalue weighted by molar-refractivity contribution is 6.30. The van der Waals surface area contributed by atoms with Gasteiger partial charge in [-0.1, -0.05) is 11.6 Å². The van der Waals surface area contributed by atoms with E-state index in [-0.39, 0.29) is 6.04 Å². The third kappa shape index (κ3) is 2.87. The second-order valence-electron chi connectivity index (χ2n) is 5.49. The zero-order chi connectivity index (χ0) is 14.1. The van der Waals surface area contributed by atoms with Crippen molar-refractivity contribution in [1.82, 2.24) is 15.1 Å². The van der Waals surface area contributed by atoms with E-state index in [1.54, 1.807) is 0 Å². The van der Waals surface area contributed by atoms with Gasteiger partial charge >= 0.3 is 0 Å². The van der Waals surface area contributed by atoms with Crippen molar-refractivity contribution in [3.05, 3.63) is 16.3 Å². The standard InChI is InChI=1S/C13H18ClFN4O/c1-19-5-8(15)4-9(6-19)16-13-11-7-20-3-2-10(11)12(14)17-18-13/h8-9H,2-7H2,1H3,(H,16,18)/t8-,9-/m1/s1. The number of piperidine rings is 1. The van der Waals surface area contributed by atoms with Gasteiger partial charge in [-0.05, 0) is 13.5 Å². The smallest absolute Gasteiger partial charge is 0.155 e. The summed E-state index contributed by atoms with van der Waals surface area (Å²) in [6.45, 7) is 2.41. The molecule has 2 aliphatic heterocycles. The first kappa shape index (κ1) is 14.0. The molecule has 5 nitrogen and oxygen atoms in total. The minimum atomic E-state index is -0.807. The molecule has 1 fully saturated rings. The highest BCUT2D eigenvalue weighted by atomic mass is 35.5. The molecule has 20 heavy (non-hydrogen) atoms. The molecule has 2 aliphatic rings. The Kier molecular flexibility index (Phi) is 4.05. The van der Waals surface area contributed by atoms with Gasteiger partial charge in [0.2, 0.25) is 0 Å². The number of fused-ring (bicyclic) bond motifs is 1. The van der Waals surface area contributed by atoms with Gasteiger partial charge in [0.05, 0.1) is 13.2 Å². The maximum atomic E-state index is 13.6. The number of nitrogens with zero attached hydrogens (tertiary/aromatic N) is 3. The monoisotopic (exact) mass is 300 g/mol. The molecule has 0 aliphatic carbocycles. The number of rotatable bonds is 2. The average Bonchev–Trinajstić information content (AvgIpc) is 2.41. The fourth-order valence-corrected chi connectivity index (χ4v) is 3.15. The lowest BCUT2D eigenvalue weighted by molar-refractivity contribution is 0.110. The predicted molar refractivity (Wildman–Crippen MR) is 74.8 cm³/mol. The Labute approximate surface area is 122 Å². The molecule has 0 spiro atoms. The Bertz CT molecular complexity index is 492. The van der Waals surface area contributed by atoms with Crippen LogP contribution < -0.4 is 5.32 Å². The number of alkyl halides is 1. The molecule has 3 rings (SSSR count). The summed E-state index contributed by atoms with van der Waals surface area (Å²) >= 11 is 6.08. The van der Waals surface area contributed by atoms with Crippen molar-refractivity contribution in [2.24, 2.45) is 0 Å². The Morgan fingerprint density at radius 3 is 3.00 bits per heavy atom. The van der Waals surface area contributed by atoms with Crippen LogP contribution in [0.1, 0.15) is 17.5 Å². The van der Waals surface area contributed by atoms with Crippen molar-refractivity contribution in [3.63, 3.8) is 0 Å². The van der Waals surface area contributed by atoms with E-state index in [0.29, 0.717) is 37.2 Å². The fraction of sp³-hybridized carbons (Fsp3) is 0.692. The van der Waals surface area contributed by atoms with Crippen molar-refractivity contribution < 1.29 is 9.13 Å². The minimum Gasteiger partial charge on any atom is -0.376 e. The maximum Gasteiger partial charge on any atom is 0.155 e. The number of halogens is 2. The molecule has 1 N–H and O–H groups in total. The lowest BCUT2D eigenvalue weighted by Crippen LogP contribution is -2.45. The zero-order valence-electron chi connectivity index (χ0n) is 11.4. The van der Waals surface area contributed by atoms with Crippen LogP contribution in [0.15, 0.2) is 0 Å². The molecule has 1 aromatic rings. The van der Waals surface area contributed by atoms with Crippen molar-refractivity contribution in [2.45, 2.75) is 31.7 Å². The van der Waals surface area contributed by atoms with Crippen LogP contribution in [0.4, 0.5) is 10.2 Å². The molecule has 1 aromatic heterocycles. The van der Waals surface area contributed by atoms with E-state index in [0.717, 1.165) is 24.1 Å². The Morgan fingerprint density at radius 1 is 1.35 bits per heavy atom. The average molecular weight is 301 g/mol. The number of likely N-dealkylation sites (tertiary alicyclic amines) is 1. The van der Waals surface area contributed by atoms with Gasteiger partial charge in [-0.15, -0.1) is 10.2 Å². The Hall–Kier alpha value is -0.980. The molecule has 0 saturated carbocycles. The molecular formula is C13H18ClFN4O. The number of hydrogen-bond acceptors (Lipinski definition) is 5. The van der Waals surface area contributed by atoms with Gasteiger partial charge in [-0.2, -0.15) is 0 Å². The Balaban J connectivity index is 1.80. The van der Waals surface area contributed by atoms with Crippen molar-refractivity contribution in [1.29, 1.82) is 0 Å². The van der Waals surface area contributed by atoms with Crippen LogP contribution in [0, 0.1) is 0 Å². The van der Waals surface area contributed by atoms with Crippen molar-refractivity contribution >= 4 is 17.4 Å². The van der Waals surface area contributed by atoms with Crippen LogP contribution in [-0.2, 0) is 17.8 Å². The summed E-state index contributed by atoms with van der Waals surface area (Å²) in [5.41, 5.74) is 1.95. The molecule has 0 unspecified atom stereocenters. The summed E-state index contributed by atoms with van der Waals surface area (Å²) in [5, 5.41) is 11.9. The molecule has 0 aromatic carbocycles. The van der Waals surface area contributed by atoms with E-state index in [1.165, 1.54) is 0 Å². The number of aromatic nitrogens is 2. The Morgan fingerprint density at radius 2 is 2.20 bits per heavy atom. The fourth-order valence-electron chi connectivity index (χ4n) is 2.90. The highest BCUT2D eigenvalue weighted by Crippen LogP contribution is 2.28. The van der Waals surface area contributed by atoms with Gasteiger partial charge < -0.3 is 15.0 Å². The SMILES string of the molecule is CN1C[C@H](F)C[C@@H](Nc2nnc(Cl)c3c2COCC3)C1. The summed E-state index contributed by atoms with van der Waals surface area (Å²) in [6, 6.07) is 0.0326. The van der Waals surface area contributed by atoms with E-state index in [2.05, 4.69) is 15.5 Å². The van der Waals surface area contributed by atoms with Crippen molar-refractivity contribution in [3.8, 4) is 0 Å². The molecule has 0 bridgehead atoms. The van der Waals surface area contributed by atoms with E-state index in [9.17, 15) is 4.39 Å². The molecule has 1 saturated heterocycles. The highest BCUT2D eigenvalue weighted by Gasteiger charge is 2.27. The third-order valence-electron chi connectivity index (χ3n) is 3.80. The first-order valence-corrected chi connectivity index (χ1v) is 7.22. The number of hydrogen-bond donors (Lipinski definition) is 1. The van der Waals surface area contributed by atoms with E-state index in [4.69, 9.17) is 16.3 Å². The molecule has 110 valence electrons. The summed E-state index contributed by atoms with van der Waals surface area (Å²) in [5.74, 6) is 0.677. The molecular weight excluding hydrogens is 283 g/mol. The molecule has 3 heterocycles. The summed E-state index contributed by atoms with van der Waals surface area (Å²) < 4.78 is 19.1. The number of ether oxygens (including phenoxy) is 1. The van der Waals surface area contributed by atoms with Gasteiger partial charge in [0.1, 0.15) is 6.17 Å². The van der Waals surface area contributed by atoms with E-state index in [1.807, 2.05) is 11.9 Å². The van der Waals surface area contributed by atoms with Gasteiger partial charge in [-0.25, -0.2) is 4.39 Å². The molecule has 7 heteroatoms. The first-order chi connectivity index (χ1) is 9.63. The third-order valence-corrected chi connectivity index (χ3v) is 4.11. The molecule has 2 atom stereocenters. The molecule has 0 amide bonds. The predicted octanol–water partition coefficient (Wildman–Crippen LogP) is 1.66. The number of nitrogens with one attached hydrogen (secondary N) is 1. The van der Waals surface area contributed by atoms with E-state index < -0.39 is 6.17 Å². The number of likely N-dealkylation sites (N-methyl/N-ethyl adjacent to an activating group) is 1. The van der Waals surface area contributed by atoms with Gasteiger partial charge in [-0.3, -0.25) is 0 Å². The zero-order valence-corrected chi connectivity index (χ0v) is 12.2.